The van der Waals surface area contributed by atoms with Gasteiger partial charge in [0.1, 0.15) is 0 Å². The third kappa shape index (κ3) is 2.62. The van der Waals surface area contributed by atoms with Crippen LogP contribution in [-0.4, -0.2) is 13.2 Å². The van der Waals surface area contributed by atoms with Crippen molar-refractivity contribution in [2.75, 3.05) is 0 Å². The molecule has 0 saturated heterocycles. The molecule has 3 aromatic carbocycles. The molecule has 0 bridgehead atoms. The first-order chi connectivity index (χ1) is 12.9. The number of rotatable bonds is 5. The van der Waals surface area contributed by atoms with E-state index in [1.807, 2.05) is 18.2 Å². The average molecular weight is 373 g/mol. The van der Waals surface area contributed by atoms with Crippen LogP contribution in [0.4, 0.5) is 0 Å². The lowest BCUT2D eigenvalue weighted by Gasteiger charge is -2.40. The van der Waals surface area contributed by atoms with E-state index < -0.39 is 14.2 Å². The number of aliphatic hydroxyl groups excluding tert-OH is 1. The predicted molar refractivity (Wildman–Crippen MR) is 116 cm³/mol. The second-order valence-electron chi connectivity index (χ2n) is 8.85. The average Bonchev–Trinajstić information content (AvgIpc) is 3.43. The van der Waals surface area contributed by atoms with Crippen molar-refractivity contribution in [3.63, 3.8) is 0 Å². The van der Waals surface area contributed by atoms with Crippen LogP contribution >= 0.6 is 0 Å². The molecule has 4 rings (SSSR count). The number of benzene rings is 3. The highest BCUT2D eigenvalue weighted by molar-refractivity contribution is 6.80. The summed E-state index contributed by atoms with van der Waals surface area (Å²) < 4.78 is 0. The van der Waals surface area contributed by atoms with Gasteiger partial charge in [-0.1, -0.05) is 111 Å². The highest BCUT2D eigenvalue weighted by atomic mass is 28.3. The van der Waals surface area contributed by atoms with Gasteiger partial charge in [-0.25, -0.2) is 0 Å². The molecule has 0 unspecified atom stereocenters. The monoisotopic (exact) mass is 372 g/mol. The normalized spacial score (nSPS) is 22.2. The SMILES string of the molecule is C[Si](C)(C)[C@@]1([C@@H](O)c2ccccc2)CC1(c1ccccc1)c1ccccc1. The second kappa shape index (κ2) is 6.47. The van der Waals surface area contributed by atoms with Crippen LogP contribution in [0.2, 0.25) is 24.7 Å². The Morgan fingerprint density at radius 2 is 1.11 bits per heavy atom. The summed E-state index contributed by atoms with van der Waals surface area (Å²) in [5.41, 5.74) is 3.56. The molecule has 0 aliphatic heterocycles. The van der Waals surface area contributed by atoms with Crippen molar-refractivity contribution in [3.05, 3.63) is 108 Å². The minimum Gasteiger partial charge on any atom is -0.388 e. The second-order valence-corrected chi connectivity index (χ2v) is 14.2. The summed E-state index contributed by atoms with van der Waals surface area (Å²) in [6.07, 6.45) is 0.533. The van der Waals surface area contributed by atoms with Crippen LogP contribution in [0.25, 0.3) is 0 Å². The zero-order chi connectivity index (χ0) is 19.1. The summed E-state index contributed by atoms with van der Waals surface area (Å²) in [7, 11) is -1.77. The summed E-state index contributed by atoms with van der Waals surface area (Å²) in [5.74, 6) is 0. The van der Waals surface area contributed by atoms with Crippen LogP contribution in [0.3, 0.4) is 0 Å². The molecule has 1 saturated carbocycles. The topological polar surface area (TPSA) is 20.2 Å². The molecule has 1 nitrogen and oxygen atoms in total. The molecule has 27 heavy (non-hydrogen) atoms. The van der Waals surface area contributed by atoms with E-state index in [1.54, 1.807) is 0 Å². The maximum absolute atomic E-state index is 11.7. The molecule has 0 amide bonds. The van der Waals surface area contributed by atoms with E-state index in [2.05, 4.69) is 92.4 Å². The molecule has 0 radical (unpaired) electrons. The molecule has 0 spiro atoms. The summed E-state index contributed by atoms with van der Waals surface area (Å²) in [4.78, 5) is 0. The molecule has 2 atom stereocenters. The maximum atomic E-state index is 11.7. The van der Waals surface area contributed by atoms with Crippen molar-refractivity contribution in [2.45, 2.75) is 42.6 Å². The van der Waals surface area contributed by atoms with Crippen LogP contribution in [0.5, 0.6) is 0 Å². The fraction of sp³-hybridized carbons (Fsp3) is 0.280. The highest BCUT2D eigenvalue weighted by Gasteiger charge is 2.76. The minimum absolute atomic E-state index is 0.130. The van der Waals surface area contributed by atoms with Gasteiger partial charge in [-0.3, -0.25) is 0 Å². The van der Waals surface area contributed by atoms with Gasteiger partial charge in [0.15, 0.2) is 0 Å². The van der Waals surface area contributed by atoms with Crippen molar-refractivity contribution in [1.29, 1.82) is 0 Å². The van der Waals surface area contributed by atoms with Crippen molar-refractivity contribution < 1.29 is 5.11 Å². The molecular formula is C25H28OSi. The van der Waals surface area contributed by atoms with E-state index in [0.717, 1.165) is 12.0 Å². The zero-order valence-electron chi connectivity index (χ0n) is 16.4. The van der Waals surface area contributed by atoms with Gasteiger partial charge in [0.25, 0.3) is 0 Å². The van der Waals surface area contributed by atoms with Gasteiger partial charge in [-0.2, -0.15) is 0 Å². The van der Waals surface area contributed by atoms with E-state index in [4.69, 9.17) is 0 Å². The molecule has 2 heteroatoms. The fourth-order valence-electron chi connectivity index (χ4n) is 5.27. The molecule has 1 fully saturated rings. The largest absolute Gasteiger partial charge is 0.388 e. The van der Waals surface area contributed by atoms with Crippen LogP contribution < -0.4 is 0 Å². The number of hydrogen-bond donors (Lipinski definition) is 1. The Hall–Kier alpha value is -2.16. The van der Waals surface area contributed by atoms with Gasteiger partial charge in [0.2, 0.25) is 0 Å². The maximum Gasteiger partial charge on any atom is 0.0834 e. The Kier molecular flexibility index (Phi) is 4.36. The Labute approximate surface area is 163 Å². The van der Waals surface area contributed by atoms with Crippen LogP contribution in [0.15, 0.2) is 91.0 Å². The Balaban J connectivity index is 1.95. The van der Waals surface area contributed by atoms with Gasteiger partial charge in [-0.15, -0.1) is 0 Å². The fourth-order valence-corrected chi connectivity index (χ4v) is 8.62. The molecule has 0 aromatic heterocycles. The van der Waals surface area contributed by atoms with Gasteiger partial charge in [0.05, 0.1) is 14.2 Å². The van der Waals surface area contributed by atoms with Gasteiger partial charge in [0, 0.05) is 10.5 Å². The van der Waals surface area contributed by atoms with Gasteiger partial charge in [-0.05, 0) is 23.1 Å². The third-order valence-electron chi connectivity index (χ3n) is 6.63. The highest BCUT2D eigenvalue weighted by Crippen LogP contribution is 2.82. The van der Waals surface area contributed by atoms with Crippen LogP contribution in [-0.2, 0) is 5.41 Å². The lowest BCUT2D eigenvalue weighted by Crippen LogP contribution is -2.40. The third-order valence-corrected chi connectivity index (χ3v) is 10.2. The van der Waals surface area contributed by atoms with E-state index in [-0.39, 0.29) is 10.5 Å². The minimum atomic E-state index is -1.77. The van der Waals surface area contributed by atoms with Gasteiger partial charge >= 0.3 is 0 Å². The zero-order valence-corrected chi connectivity index (χ0v) is 17.4. The standard InChI is InChI=1S/C25H28OSi/c1-27(2,3)25(23(26)20-13-7-4-8-14-20)19-24(25,21-15-9-5-10-16-21)22-17-11-6-12-18-22/h4-18,23,26H,19H2,1-3H3/t23-,25+/m0/s1. The first kappa shape index (κ1) is 18.2. The molecule has 1 N–H and O–H groups in total. The summed E-state index contributed by atoms with van der Waals surface area (Å²) in [5, 5.41) is 11.6. The Morgan fingerprint density at radius 3 is 1.52 bits per heavy atom. The molecular weight excluding hydrogens is 344 g/mol. The lowest BCUT2D eigenvalue weighted by molar-refractivity contribution is 0.149. The van der Waals surface area contributed by atoms with Crippen LogP contribution in [0, 0.1) is 0 Å². The van der Waals surface area contributed by atoms with Gasteiger partial charge < -0.3 is 5.11 Å². The Morgan fingerprint density at radius 1 is 0.704 bits per heavy atom. The van der Waals surface area contributed by atoms with E-state index >= 15 is 0 Å². The van der Waals surface area contributed by atoms with E-state index in [1.165, 1.54) is 11.1 Å². The van der Waals surface area contributed by atoms with Crippen molar-refractivity contribution in [1.82, 2.24) is 0 Å². The molecule has 138 valence electrons. The summed E-state index contributed by atoms with van der Waals surface area (Å²) in [6.45, 7) is 7.23. The quantitative estimate of drug-likeness (QED) is 0.530. The number of aliphatic hydroxyl groups is 1. The molecule has 1 aliphatic rings. The lowest BCUT2D eigenvalue weighted by atomic mass is 9.83. The van der Waals surface area contributed by atoms with Crippen molar-refractivity contribution >= 4 is 8.07 Å². The Bertz CT molecular complexity index is 860. The molecule has 0 heterocycles. The van der Waals surface area contributed by atoms with E-state index in [0.29, 0.717) is 0 Å². The first-order valence-electron chi connectivity index (χ1n) is 9.77. The van der Waals surface area contributed by atoms with Crippen molar-refractivity contribution in [2.24, 2.45) is 0 Å². The number of hydrogen-bond acceptors (Lipinski definition) is 1. The summed E-state index contributed by atoms with van der Waals surface area (Å²) >= 11 is 0. The molecule has 3 aromatic rings. The van der Waals surface area contributed by atoms with Crippen molar-refractivity contribution in [3.8, 4) is 0 Å². The predicted octanol–water partition coefficient (Wildman–Crippen LogP) is 6.19. The summed E-state index contributed by atoms with van der Waals surface area (Å²) in [6, 6.07) is 31.9. The first-order valence-corrected chi connectivity index (χ1v) is 13.3. The smallest absolute Gasteiger partial charge is 0.0834 e. The molecule has 1 aliphatic carbocycles. The van der Waals surface area contributed by atoms with Crippen LogP contribution in [0.1, 0.15) is 29.2 Å². The van der Waals surface area contributed by atoms with E-state index in [9.17, 15) is 5.11 Å².